The van der Waals surface area contributed by atoms with Crippen LogP contribution >= 0.6 is 0 Å². The third kappa shape index (κ3) is 6.57. The van der Waals surface area contributed by atoms with Gasteiger partial charge in [-0.05, 0) is 13.3 Å². The standard InChI is InChI=1S/C14H28N6O/c1-5-7-15-14(18-12(3)10-21-4)16-8-9-20-11-17-19-13(20)6-2/h11-12H,5-10H2,1-4H3,(H2,15,16,18). The van der Waals surface area contributed by atoms with Crippen LogP contribution < -0.4 is 10.6 Å². The molecule has 7 nitrogen and oxygen atoms in total. The van der Waals surface area contributed by atoms with Crippen molar-refractivity contribution < 1.29 is 4.74 Å². The minimum absolute atomic E-state index is 0.222. The van der Waals surface area contributed by atoms with Gasteiger partial charge in [0.1, 0.15) is 12.2 Å². The molecule has 0 aromatic carbocycles. The van der Waals surface area contributed by atoms with E-state index in [0.29, 0.717) is 6.61 Å². The Morgan fingerprint density at radius 1 is 1.48 bits per heavy atom. The molecule has 0 aliphatic heterocycles. The number of hydrogen-bond donors (Lipinski definition) is 2. The molecule has 0 aliphatic carbocycles. The van der Waals surface area contributed by atoms with Gasteiger partial charge in [0.25, 0.3) is 0 Å². The molecule has 120 valence electrons. The third-order valence-electron chi connectivity index (χ3n) is 2.95. The first-order chi connectivity index (χ1) is 10.2. The van der Waals surface area contributed by atoms with Gasteiger partial charge in [-0.15, -0.1) is 10.2 Å². The molecule has 0 bridgehead atoms. The summed E-state index contributed by atoms with van der Waals surface area (Å²) in [5, 5.41) is 14.7. The van der Waals surface area contributed by atoms with E-state index in [0.717, 1.165) is 44.3 Å². The van der Waals surface area contributed by atoms with Crippen molar-refractivity contribution in [3.05, 3.63) is 12.2 Å². The second kappa shape index (κ2) is 10.1. The number of guanidine groups is 1. The summed E-state index contributed by atoms with van der Waals surface area (Å²) in [7, 11) is 1.70. The van der Waals surface area contributed by atoms with E-state index < -0.39 is 0 Å². The maximum absolute atomic E-state index is 5.14. The van der Waals surface area contributed by atoms with E-state index in [1.165, 1.54) is 0 Å². The molecule has 2 N–H and O–H groups in total. The Bertz CT molecular complexity index is 417. The Kier molecular flexibility index (Phi) is 8.42. The Morgan fingerprint density at radius 2 is 2.29 bits per heavy atom. The predicted molar refractivity (Wildman–Crippen MR) is 84.5 cm³/mol. The van der Waals surface area contributed by atoms with E-state index in [1.807, 2.05) is 0 Å². The summed E-state index contributed by atoms with van der Waals surface area (Å²) < 4.78 is 7.20. The summed E-state index contributed by atoms with van der Waals surface area (Å²) in [6.07, 6.45) is 3.68. The van der Waals surface area contributed by atoms with E-state index in [4.69, 9.17) is 4.74 Å². The summed E-state index contributed by atoms with van der Waals surface area (Å²) in [6, 6.07) is 0.222. The number of methoxy groups -OCH3 is 1. The monoisotopic (exact) mass is 296 g/mol. The Hall–Kier alpha value is -1.63. The van der Waals surface area contributed by atoms with Gasteiger partial charge < -0.3 is 19.9 Å². The summed E-state index contributed by atoms with van der Waals surface area (Å²) in [5.74, 6) is 1.83. The van der Waals surface area contributed by atoms with Crippen molar-refractivity contribution in [2.24, 2.45) is 4.99 Å². The molecule has 1 unspecified atom stereocenters. The van der Waals surface area contributed by atoms with Gasteiger partial charge in [-0.25, -0.2) is 0 Å². The molecule has 21 heavy (non-hydrogen) atoms. The van der Waals surface area contributed by atoms with Crippen LogP contribution in [-0.4, -0.2) is 53.6 Å². The fourth-order valence-electron chi connectivity index (χ4n) is 1.94. The van der Waals surface area contributed by atoms with Crippen LogP contribution in [0.25, 0.3) is 0 Å². The van der Waals surface area contributed by atoms with Gasteiger partial charge in [0.2, 0.25) is 0 Å². The zero-order chi connectivity index (χ0) is 15.5. The molecule has 7 heteroatoms. The van der Waals surface area contributed by atoms with E-state index in [-0.39, 0.29) is 6.04 Å². The first kappa shape index (κ1) is 17.4. The Labute approximate surface area is 127 Å². The third-order valence-corrected chi connectivity index (χ3v) is 2.95. The molecule has 0 amide bonds. The molecule has 1 rings (SSSR count). The number of aromatic nitrogens is 3. The van der Waals surface area contributed by atoms with E-state index in [1.54, 1.807) is 13.4 Å². The lowest BCUT2D eigenvalue weighted by atomic mass is 10.4. The van der Waals surface area contributed by atoms with Crippen LogP contribution in [0.1, 0.15) is 33.0 Å². The van der Waals surface area contributed by atoms with Gasteiger partial charge >= 0.3 is 0 Å². The van der Waals surface area contributed by atoms with Crippen LogP contribution in [0.4, 0.5) is 0 Å². The molecule has 0 radical (unpaired) electrons. The second-order valence-corrected chi connectivity index (χ2v) is 4.95. The molecule has 1 heterocycles. The first-order valence-corrected chi connectivity index (χ1v) is 7.61. The zero-order valence-electron chi connectivity index (χ0n) is 13.6. The van der Waals surface area contributed by atoms with Crippen molar-refractivity contribution in [3.8, 4) is 0 Å². The fraction of sp³-hybridized carbons (Fsp3) is 0.786. The van der Waals surface area contributed by atoms with Crippen molar-refractivity contribution in [2.75, 3.05) is 26.8 Å². The van der Waals surface area contributed by atoms with Crippen molar-refractivity contribution in [3.63, 3.8) is 0 Å². The molecule has 0 fully saturated rings. The van der Waals surface area contributed by atoms with Crippen molar-refractivity contribution in [1.82, 2.24) is 25.4 Å². The highest BCUT2D eigenvalue weighted by Crippen LogP contribution is 1.94. The average Bonchev–Trinajstić information content (AvgIpc) is 2.92. The van der Waals surface area contributed by atoms with Gasteiger partial charge in [-0.3, -0.25) is 4.99 Å². The highest BCUT2D eigenvalue weighted by atomic mass is 16.5. The maximum Gasteiger partial charge on any atom is 0.191 e. The number of rotatable bonds is 9. The van der Waals surface area contributed by atoms with E-state index >= 15 is 0 Å². The van der Waals surface area contributed by atoms with Crippen molar-refractivity contribution in [2.45, 2.75) is 46.2 Å². The Balaban J connectivity index is 2.45. The first-order valence-electron chi connectivity index (χ1n) is 7.61. The number of aliphatic imine (C=N–C) groups is 1. The van der Waals surface area contributed by atoms with Crippen LogP contribution in [0.15, 0.2) is 11.3 Å². The second-order valence-electron chi connectivity index (χ2n) is 4.95. The highest BCUT2D eigenvalue weighted by Gasteiger charge is 2.06. The minimum atomic E-state index is 0.222. The largest absolute Gasteiger partial charge is 0.383 e. The smallest absolute Gasteiger partial charge is 0.191 e. The average molecular weight is 296 g/mol. The number of ether oxygens (including phenoxy) is 1. The van der Waals surface area contributed by atoms with Crippen molar-refractivity contribution >= 4 is 5.96 Å². The summed E-state index contributed by atoms with van der Waals surface area (Å²) in [4.78, 5) is 4.52. The van der Waals surface area contributed by atoms with Crippen LogP contribution in [0.3, 0.4) is 0 Å². The number of aryl methyl sites for hydroxylation is 1. The number of nitrogens with zero attached hydrogens (tertiary/aromatic N) is 4. The van der Waals surface area contributed by atoms with Gasteiger partial charge in [-0.1, -0.05) is 13.8 Å². The fourth-order valence-corrected chi connectivity index (χ4v) is 1.94. The minimum Gasteiger partial charge on any atom is -0.383 e. The lowest BCUT2D eigenvalue weighted by Crippen LogP contribution is -2.45. The molecule has 0 saturated carbocycles. The molecule has 0 aliphatic rings. The molecular weight excluding hydrogens is 268 g/mol. The normalized spacial score (nSPS) is 13.2. The summed E-state index contributed by atoms with van der Waals surface area (Å²) >= 11 is 0. The number of hydrogen-bond acceptors (Lipinski definition) is 4. The van der Waals surface area contributed by atoms with Crippen LogP contribution in [0.2, 0.25) is 0 Å². The Morgan fingerprint density at radius 3 is 2.95 bits per heavy atom. The quantitative estimate of drug-likeness (QED) is 0.521. The van der Waals surface area contributed by atoms with E-state index in [2.05, 4.69) is 51.2 Å². The molecule has 1 aromatic rings. The summed E-state index contributed by atoms with van der Waals surface area (Å²) in [5.41, 5.74) is 0. The maximum atomic E-state index is 5.14. The lowest BCUT2D eigenvalue weighted by Gasteiger charge is -2.18. The van der Waals surface area contributed by atoms with Crippen LogP contribution in [0.5, 0.6) is 0 Å². The van der Waals surface area contributed by atoms with E-state index in [9.17, 15) is 0 Å². The van der Waals surface area contributed by atoms with Gasteiger partial charge in [0.15, 0.2) is 5.96 Å². The van der Waals surface area contributed by atoms with Gasteiger partial charge in [0.05, 0.1) is 6.61 Å². The lowest BCUT2D eigenvalue weighted by molar-refractivity contribution is 0.179. The molecule has 1 atom stereocenters. The number of nitrogens with one attached hydrogen (secondary N) is 2. The van der Waals surface area contributed by atoms with Gasteiger partial charge in [0, 0.05) is 39.2 Å². The summed E-state index contributed by atoms with van der Waals surface area (Å²) in [6.45, 7) is 9.32. The van der Waals surface area contributed by atoms with Crippen LogP contribution in [0, 0.1) is 0 Å². The topological polar surface area (TPSA) is 76.4 Å². The highest BCUT2D eigenvalue weighted by molar-refractivity contribution is 5.80. The van der Waals surface area contributed by atoms with Crippen molar-refractivity contribution in [1.29, 1.82) is 0 Å². The SMILES string of the molecule is CCCN=C(NCCn1cnnc1CC)NC(C)COC. The molecule has 0 saturated heterocycles. The van der Waals surface area contributed by atoms with Gasteiger partial charge in [-0.2, -0.15) is 0 Å². The zero-order valence-corrected chi connectivity index (χ0v) is 13.6. The van der Waals surface area contributed by atoms with Crippen LogP contribution in [-0.2, 0) is 17.7 Å². The molecule has 0 spiro atoms. The molecule has 1 aromatic heterocycles. The predicted octanol–water partition coefficient (Wildman–Crippen LogP) is 0.821. The molecular formula is C14H28N6O.